The number of anilines is 1. The lowest BCUT2D eigenvalue weighted by atomic mass is 10.3. The number of hydrogen-bond acceptors (Lipinski definition) is 5. The smallest absolute Gasteiger partial charge is 0.234 e. The monoisotopic (exact) mass is 355 g/mol. The number of amides is 1. The molecule has 0 atom stereocenters. The van der Waals surface area contributed by atoms with E-state index in [4.69, 9.17) is 10.00 Å². The number of nitrogens with zero attached hydrogens (tertiary/aromatic N) is 2. The summed E-state index contributed by atoms with van der Waals surface area (Å²) in [4.78, 5) is 16.4. The molecule has 0 aliphatic heterocycles. The predicted octanol–water partition coefficient (Wildman–Crippen LogP) is 4.17. The second kappa shape index (κ2) is 9.70. The number of benzene rings is 1. The number of carbonyl (C=O) groups excluding carboxylic acids is 1. The van der Waals surface area contributed by atoms with E-state index in [1.165, 1.54) is 11.8 Å². The van der Waals surface area contributed by atoms with Crippen LogP contribution in [-0.2, 0) is 4.79 Å². The van der Waals surface area contributed by atoms with Gasteiger partial charge in [0.15, 0.2) is 0 Å². The van der Waals surface area contributed by atoms with Crippen molar-refractivity contribution in [2.75, 3.05) is 17.7 Å². The van der Waals surface area contributed by atoms with Gasteiger partial charge in [-0.1, -0.05) is 25.1 Å². The van der Waals surface area contributed by atoms with Crippen molar-refractivity contribution in [1.29, 1.82) is 5.26 Å². The first-order chi connectivity index (χ1) is 12.1. The molecule has 0 aliphatic rings. The molecule has 25 heavy (non-hydrogen) atoms. The highest BCUT2D eigenvalue weighted by molar-refractivity contribution is 8.00. The molecule has 1 N–H and O–H groups in total. The molecule has 2 aromatic rings. The van der Waals surface area contributed by atoms with Crippen molar-refractivity contribution in [3.63, 3.8) is 0 Å². The quantitative estimate of drug-likeness (QED) is 0.568. The lowest BCUT2D eigenvalue weighted by Gasteiger charge is -2.08. The summed E-state index contributed by atoms with van der Waals surface area (Å²) in [6.07, 6.45) is 2.11. The normalized spacial score (nSPS) is 10.1. The number of carbonyl (C=O) groups is 1. The van der Waals surface area contributed by atoms with E-state index in [-0.39, 0.29) is 11.7 Å². The molecular formula is C19H21N3O2S. The molecule has 6 heteroatoms. The van der Waals surface area contributed by atoms with Gasteiger partial charge < -0.3 is 10.1 Å². The molecule has 1 heterocycles. The van der Waals surface area contributed by atoms with Gasteiger partial charge in [0.05, 0.1) is 17.9 Å². The van der Waals surface area contributed by atoms with Crippen molar-refractivity contribution < 1.29 is 9.53 Å². The summed E-state index contributed by atoms with van der Waals surface area (Å²) in [5.74, 6) is 0.847. The zero-order valence-corrected chi connectivity index (χ0v) is 15.2. The number of unbranched alkanes of at least 4 members (excludes halogenated alkanes) is 1. The highest BCUT2D eigenvalue weighted by Crippen LogP contribution is 2.21. The first-order valence-corrected chi connectivity index (χ1v) is 9.14. The third-order valence-corrected chi connectivity index (χ3v) is 4.36. The molecule has 2 rings (SSSR count). The summed E-state index contributed by atoms with van der Waals surface area (Å²) >= 11 is 1.26. The van der Waals surface area contributed by atoms with Crippen LogP contribution in [0.1, 0.15) is 31.0 Å². The van der Waals surface area contributed by atoms with Gasteiger partial charge >= 0.3 is 0 Å². The second-order valence-corrected chi connectivity index (χ2v) is 6.44. The van der Waals surface area contributed by atoms with E-state index >= 15 is 0 Å². The van der Waals surface area contributed by atoms with Gasteiger partial charge in [0, 0.05) is 11.4 Å². The Morgan fingerprint density at radius 1 is 1.28 bits per heavy atom. The Hall–Kier alpha value is -2.52. The standard InChI is InChI=1S/C19H21N3O2S/c1-3-4-11-24-17-9-7-16(8-10-17)22-18(23)13-25-19-15(12-20)6-5-14(2)21-19/h5-10H,3-4,11,13H2,1-2H3,(H,22,23). The fourth-order valence-corrected chi connectivity index (χ4v) is 2.85. The lowest BCUT2D eigenvalue weighted by molar-refractivity contribution is -0.113. The van der Waals surface area contributed by atoms with Gasteiger partial charge in [0.1, 0.15) is 16.8 Å². The molecule has 1 amide bonds. The minimum absolute atomic E-state index is 0.142. The largest absolute Gasteiger partial charge is 0.494 e. The molecule has 0 saturated heterocycles. The van der Waals surface area contributed by atoms with Gasteiger partial charge in [0.25, 0.3) is 0 Å². The summed E-state index contributed by atoms with van der Waals surface area (Å²) in [5.41, 5.74) is 2.02. The van der Waals surface area contributed by atoms with E-state index in [1.54, 1.807) is 12.1 Å². The van der Waals surface area contributed by atoms with Crippen LogP contribution in [0, 0.1) is 18.3 Å². The first-order valence-electron chi connectivity index (χ1n) is 8.15. The highest BCUT2D eigenvalue weighted by Gasteiger charge is 2.09. The number of aromatic nitrogens is 1. The predicted molar refractivity (Wildman–Crippen MR) is 99.9 cm³/mol. The van der Waals surface area contributed by atoms with Crippen LogP contribution in [0.3, 0.4) is 0 Å². The van der Waals surface area contributed by atoms with E-state index in [9.17, 15) is 4.79 Å². The molecule has 1 aromatic heterocycles. The van der Waals surface area contributed by atoms with Gasteiger partial charge in [-0.3, -0.25) is 4.79 Å². The van der Waals surface area contributed by atoms with Crippen LogP contribution < -0.4 is 10.1 Å². The molecular weight excluding hydrogens is 334 g/mol. The highest BCUT2D eigenvalue weighted by atomic mass is 32.2. The molecule has 1 aromatic carbocycles. The van der Waals surface area contributed by atoms with Crippen molar-refractivity contribution in [3.05, 3.63) is 47.7 Å². The SMILES string of the molecule is CCCCOc1ccc(NC(=O)CSc2nc(C)ccc2C#N)cc1. The molecule has 130 valence electrons. The summed E-state index contributed by atoms with van der Waals surface area (Å²) in [6.45, 7) is 4.67. The van der Waals surface area contributed by atoms with E-state index in [1.807, 2.05) is 31.2 Å². The Labute approximate surface area is 152 Å². The first kappa shape index (κ1) is 18.8. The van der Waals surface area contributed by atoms with Gasteiger partial charge in [-0.15, -0.1) is 0 Å². The Bertz CT molecular complexity index is 754. The van der Waals surface area contributed by atoms with Crippen molar-refractivity contribution in [2.24, 2.45) is 0 Å². The molecule has 0 bridgehead atoms. The van der Waals surface area contributed by atoms with Crippen molar-refractivity contribution in [2.45, 2.75) is 31.7 Å². The number of pyridine rings is 1. The van der Waals surface area contributed by atoms with E-state index in [2.05, 4.69) is 23.3 Å². The fraction of sp³-hybridized carbons (Fsp3) is 0.316. The van der Waals surface area contributed by atoms with E-state index < -0.39 is 0 Å². The fourth-order valence-electron chi connectivity index (χ4n) is 2.03. The number of nitrogens with one attached hydrogen (secondary N) is 1. The zero-order chi connectivity index (χ0) is 18.1. The molecule has 5 nitrogen and oxygen atoms in total. The third-order valence-electron chi connectivity index (χ3n) is 3.36. The Kier molecular flexibility index (Phi) is 7.30. The van der Waals surface area contributed by atoms with Gasteiger partial charge in [-0.2, -0.15) is 5.26 Å². The van der Waals surface area contributed by atoms with Crippen LogP contribution >= 0.6 is 11.8 Å². The zero-order valence-electron chi connectivity index (χ0n) is 14.4. The van der Waals surface area contributed by atoms with Gasteiger partial charge in [0.2, 0.25) is 5.91 Å². The lowest BCUT2D eigenvalue weighted by Crippen LogP contribution is -2.14. The van der Waals surface area contributed by atoms with Crippen molar-refractivity contribution >= 4 is 23.4 Å². The maximum Gasteiger partial charge on any atom is 0.234 e. The Balaban J connectivity index is 1.86. The molecule has 0 aliphatic carbocycles. The Morgan fingerprint density at radius 3 is 2.72 bits per heavy atom. The van der Waals surface area contributed by atoms with E-state index in [0.717, 1.165) is 24.3 Å². The van der Waals surface area contributed by atoms with Gasteiger partial charge in [-0.05, 0) is 49.7 Å². The third kappa shape index (κ3) is 6.12. The second-order valence-electron chi connectivity index (χ2n) is 5.48. The molecule has 0 spiro atoms. The maximum absolute atomic E-state index is 12.1. The summed E-state index contributed by atoms with van der Waals surface area (Å²) in [6, 6.07) is 12.9. The van der Waals surface area contributed by atoms with Crippen LogP contribution in [-0.4, -0.2) is 23.3 Å². The van der Waals surface area contributed by atoms with Gasteiger partial charge in [-0.25, -0.2) is 4.98 Å². The minimum atomic E-state index is -0.142. The Morgan fingerprint density at radius 2 is 2.04 bits per heavy atom. The van der Waals surface area contributed by atoms with Crippen molar-refractivity contribution in [3.8, 4) is 11.8 Å². The summed E-state index contributed by atoms with van der Waals surface area (Å²) in [7, 11) is 0. The number of thioether (sulfide) groups is 1. The topological polar surface area (TPSA) is 75.0 Å². The van der Waals surface area contributed by atoms with Crippen LogP contribution in [0.2, 0.25) is 0 Å². The minimum Gasteiger partial charge on any atom is -0.494 e. The molecule has 0 saturated carbocycles. The molecule has 0 unspecified atom stereocenters. The van der Waals surface area contributed by atoms with E-state index in [0.29, 0.717) is 22.9 Å². The maximum atomic E-state index is 12.1. The average Bonchev–Trinajstić information content (AvgIpc) is 2.62. The molecule has 0 fully saturated rings. The number of ether oxygens (including phenoxy) is 1. The average molecular weight is 355 g/mol. The summed E-state index contributed by atoms with van der Waals surface area (Å²) < 4.78 is 5.59. The number of nitriles is 1. The molecule has 0 radical (unpaired) electrons. The van der Waals surface area contributed by atoms with Crippen LogP contribution in [0.25, 0.3) is 0 Å². The van der Waals surface area contributed by atoms with Crippen molar-refractivity contribution in [1.82, 2.24) is 4.98 Å². The summed E-state index contributed by atoms with van der Waals surface area (Å²) in [5, 5.41) is 12.5. The van der Waals surface area contributed by atoms with Crippen LogP contribution in [0.15, 0.2) is 41.4 Å². The van der Waals surface area contributed by atoms with Crippen LogP contribution in [0.4, 0.5) is 5.69 Å². The number of aryl methyl sites for hydroxylation is 1. The number of rotatable bonds is 8. The van der Waals surface area contributed by atoms with Crippen LogP contribution in [0.5, 0.6) is 5.75 Å². The number of hydrogen-bond donors (Lipinski definition) is 1.